The molecule has 16 heavy (non-hydrogen) atoms. The molecule has 1 aromatic heterocycles. The second kappa shape index (κ2) is 5.30. The molecule has 0 aliphatic heterocycles. The molecule has 1 aromatic rings. The van der Waals surface area contributed by atoms with E-state index in [2.05, 4.69) is 44.7 Å². The van der Waals surface area contributed by atoms with Gasteiger partial charge >= 0.3 is 0 Å². The Morgan fingerprint density at radius 3 is 2.50 bits per heavy atom. The van der Waals surface area contributed by atoms with Crippen LogP contribution >= 0.6 is 0 Å². The van der Waals surface area contributed by atoms with Crippen LogP contribution in [0.5, 0.6) is 0 Å². The minimum atomic E-state index is 0.353. The van der Waals surface area contributed by atoms with Gasteiger partial charge in [-0.15, -0.1) is 0 Å². The second-order valence-corrected chi connectivity index (χ2v) is 4.43. The number of rotatable bonds is 5. The van der Waals surface area contributed by atoms with E-state index in [-0.39, 0.29) is 0 Å². The zero-order valence-electron chi connectivity index (χ0n) is 11.1. The van der Waals surface area contributed by atoms with E-state index >= 15 is 0 Å². The summed E-state index contributed by atoms with van der Waals surface area (Å²) in [6.45, 7) is 13.4. The molecule has 1 atom stereocenters. The molecule has 0 fully saturated rings. The molecular weight excluding hydrogens is 198 g/mol. The number of hydrogen-bond donors (Lipinski definition) is 1. The van der Waals surface area contributed by atoms with Crippen molar-refractivity contribution in [1.29, 1.82) is 0 Å². The van der Waals surface area contributed by atoms with E-state index in [0.29, 0.717) is 6.04 Å². The quantitative estimate of drug-likeness (QED) is 0.772. The van der Waals surface area contributed by atoms with Gasteiger partial charge in [0.1, 0.15) is 0 Å². The van der Waals surface area contributed by atoms with Gasteiger partial charge < -0.3 is 5.32 Å². The third-order valence-corrected chi connectivity index (χ3v) is 3.11. The Morgan fingerprint density at radius 2 is 2.12 bits per heavy atom. The molecule has 90 valence electrons. The summed E-state index contributed by atoms with van der Waals surface area (Å²) in [7, 11) is 1.99. The van der Waals surface area contributed by atoms with Crippen molar-refractivity contribution >= 4 is 0 Å². The van der Waals surface area contributed by atoms with Crippen LogP contribution in [0.15, 0.2) is 12.2 Å². The number of likely N-dealkylation sites (N-methyl/N-ethyl adjacent to an activating group) is 1. The minimum absolute atomic E-state index is 0.353. The van der Waals surface area contributed by atoms with Gasteiger partial charge in [-0.25, -0.2) is 0 Å². The lowest BCUT2D eigenvalue weighted by molar-refractivity contribution is 0.585. The largest absolute Gasteiger partial charge is 0.310 e. The van der Waals surface area contributed by atoms with Gasteiger partial charge in [0, 0.05) is 18.8 Å². The highest BCUT2D eigenvalue weighted by Gasteiger charge is 2.15. The standard InChI is InChI=1S/C13H23N3/c1-7-14-13(9(2)3)8-12-10(4)15-16(6)11(12)5/h13-14H,2,7-8H2,1,3-6H3. The smallest absolute Gasteiger partial charge is 0.0629 e. The van der Waals surface area contributed by atoms with E-state index < -0.39 is 0 Å². The number of nitrogens with one attached hydrogen (secondary N) is 1. The SMILES string of the molecule is C=C(C)C(Cc1c(C)nn(C)c1C)NCC. The zero-order chi connectivity index (χ0) is 12.3. The molecule has 3 nitrogen and oxygen atoms in total. The van der Waals surface area contributed by atoms with E-state index in [1.54, 1.807) is 0 Å². The maximum atomic E-state index is 4.44. The van der Waals surface area contributed by atoms with Crippen molar-refractivity contribution in [2.75, 3.05) is 6.54 Å². The van der Waals surface area contributed by atoms with Crippen LogP contribution in [0.4, 0.5) is 0 Å². The minimum Gasteiger partial charge on any atom is -0.310 e. The van der Waals surface area contributed by atoms with E-state index in [0.717, 1.165) is 18.7 Å². The van der Waals surface area contributed by atoms with E-state index in [1.807, 2.05) is 11.7 Å². The summed E-state index contributed by atoms with van der Waals surface area (Å²) in [5.41, 5.74) is 4.91. The third kappa shape index (κ3) is 2.73. The molecule has 1 rings (SSSR count). The molecule has 0 spiro atoms. The topological polar surface area (TPSA) is 29.9 Å². The van der Waals surface area contributed by atoms with Crippen LogP contribution in [-0.2, 0) is 13.5 Å². The highest BCUT2D eigenvalue weighted by atomic mass is 15.3. The van der Waals surface area contributed by atoms with Crippen LogP contribution in [-0.4, -0.2) is 22.4 Å². The number of aromatic nitrogens is 2. The lowest BCUT2D eigenvalue weighted by Gasteiger charge is -2.18. The monoisotopic (exact) mass is 221 g/mol. The van der Waals surface area contributed by atoms with Crippen LogP contribution in [0.25, 0.3) is 0 Å². The average Bonchev–Trinajstić information content (AvgIpc) is 2.43. The van der Waals surface area contributed by atoms with Gasteiger partial charge in [-0.2, -0.15) is 5.10 Å². The molecule has 0 bridgehead atoms. The highest BCUT2D eigenvalue weighted by molar-refractivity contribution is 5.27. The molecule has 0 saturated carbocycles. The molecule has 0 saturated heterocycles. The first kappa shape index (κ1) is 13.0. The van der Waals surface area contributed by atoms with Crippen LogP contribution in [0.1, 0.15) is 30.8 Å². The number of hydrogen-bond acceptors (Lipinski definition) is 2. The van der Waals surface area contributed by atoms with Crippen molar-refractivity contribution in [3.63, 3.8) is 0 Å². The second-order valence-electron chi connectivity index (χ2n) is 4.43. The first-order valence-corrected chi connectivity index (χ1v) is 5.85. The Balaban J connectivity index is 2.88. The van der Waals surface area contributed by atoms with Gasteiger partial charge in [-0.1, -0.05) is 19.1 Å². The summed E-state index contributed by atoms with van der Waals surface area (Å²) in [6, 6.07) is 0.353. The van der Waals surface area contributed by atoms with Crippen LogP contribution in [0, 0.1) is 13.8 Å². The number of nitrogens with zero attached hydrogens (tertiary/aromatic N) is 2. The average molecular weight is 221 g/mol. The summed E-state index contributed by atoms with van der Waals surface area (Å²) in [4.78, 5) is 0. The fourth-order valence-electron chi connectivity index (χ4n) is 1.98. The van der Waals surface area contributed by atoms with Crippen LogP contribution in [0.2, 0.25) is 0 Å². The normalized spacial score (nSPS) is 12.8. The lowest BCUT2D eigenvalue weighted by atomic mass is 9.99. The van der Waals surface area contributed by atoms with E-state index in [9.17, 15) is 0 Å². The molecule has 0 aliphatic rings. The van der Waals surface area contributed by atoms with Crippen molar-refractivity contribution in [2.24, 2.45) is 7.05 Å². The molecule has 1 heterocycles. The van der Waals surface area contributed by atoms with Gasteiger partial charge in [0.25, 0.3) is 0 Å². The summed E-state index contributed by atoms with van der Waals surface area (Å²) < 4.78 is 1.95. The van der Waals surface area contributed by atoms with E-state index in [4.69, 9.17) is 0 Å². The van der Waals surface area contributed by atoms with Gasteiger partial charge in [-0.05, 0) is 39.3 Å². The predicted molar refractivity (Wildman–Crippen MR) is 68.7 cm³/mol. The molecular formula is C13H23N3. The molecule has 3 heteroatoms. The Hall–Kier alpha value is -1.09. The Labute approximate surface area is 98.5 Å². The van der Waals surface area contributed by atoms with Crippen molar-refractivity contribution < 1.29 is 0 Å². The molecule has 0 aromatic carbocycles. The highest BCUT2D eigenvalue weighted by Crippen LogP contribution is 2.16. The molecule has 0 aliphatic carbocycles. The van der Waals surface area contributed by atoms with Gasteiger partial charge in [0.2, 0.25) is 0 Å². The molecule has 0 radical (unpaired) electrons. The number of aryl methyl sites for hydroxylation is 2. The maximum Gasteiger partial charge on any atom is 0.0629 e. The van der Waals surface area contributed by atoms with Crippen molar-refractivity contribution in [1.82, 2.24) is 15.1 Å². The van der Waals surface area contributed by atoms with Crippen molar-refractivity contribution in [3.05, 3.63) is 29.1 Å². The summed E-state index contributed by atoms with van der Waals surface area (Å²) in [5, 5.41) is 7.90. The summed E-state index contributed by atoms with van der Waals surface area (Å²) in [6.07, 6.45) is 0.981. The fourth-order valence-corrected chi connectivity index (χ4v) is 1.98. The Morgan fingerprint density at radius 1 is 1.50 bits per heavy atom. The van der Waals surface area contributed by atoms with Crippen LogP contribution in [0.3, 0.4) is 0 Å². The molecule has 1 unspecified atom stereocenters. The Kier molecular flexibility index (Phi) is 4.30. The van der Waals surface area contributed by atoms with Gasteiger partial charge in [0.05, 0.1) is 5.69 Å². The van der Waals surface area contributed by atoms with Gasteiger partial charge in [0.15, 0.2) is 0 Å². The molecule has 0 amide bonds. The lowest BCUT2D eigenvalue weighted by Crippen LogP contribution is -2.32. The fraction of sp³-hybridized carbons (Fsp3) is 0.615. The van der Waals surface area contributed by atoms with Crippen LogP contribution < -0.4 is 5.32 Å². The zero-order valence-corrected chi connectivity index (χ0v) is 11.1. The van der Waals surface area contributed by atoms with Gasteiger partial charge in [-0.3, -0.25) is 4.68 Å². The van der Waals surface area contributed by atoms with Crippen molar-refractivity contribution in [2.45, 2.75) is 40.2 Å². The van der Waals surface area contributed by atoms with E-state index in [1.165, 1.54) is 16.8 Å². The Bertz CT molecular complexity index is 377. The molecule has 1 N–H and O–H groups in total. The first-order chi connectivity index (χ1) is 7.47. The summed E-state index contributed by atoms with van der Waals surface area (Å²) >= 11 is 0. The first-order valence-electron chi connectivity index (χ1n) is 5.85. The predicted octanol–water partition coefficient (Wildman–Crippen LogP) is 2.13. The third-order valence-electron chi connectivity index (χ3n) is 3.11. The maximum absolute atomic E-state index is 4.44. The summed E-state index contributed by atoms with van der Waals surface area (Å²) in [5.74, 6) is 0. The van der Waals surface area contributed by atoms with Crippen molar-refractivity contribution in [3.8, 4) is 0 Å².